The fraction of sp³-hybridized carbons (Fsp3) is 0.182. The number of halogens is 2. The molecule has 0 unspecified atom stereocenters. The molecule has 0 fully saturated rings. The van der Waals surface area contributed by atoms with Crippen LogP contribution in [0.1, 0.15) is 34.6 Å². The van der Waals surface area contributed by atoms with Crippen LogP contribution in [0.2, 0.25) is 10.0 Å². The third-order valence-electron chi connectivity index (χ3n) is 5.42. The van der Waals surface area contributed by atoms with Gasteiger partial charge in [0.25, 0.3) is 5.91 Å². The van der Waals surface area contributed by atoms with E-state index in [2.05, 4.69) is 20.6 Å². The first-order chi connectivity index (χ1) is 15.5. The van der Waals surface area contributed by atoms with E-state index in [0.717, 1.165) is 24.2 Å². The number of hydrogen-bond donors (Lipinski definition) is 2. The maximum absolute atomic E-state index is 12.0. The van der Waals surface area contributed by atoms with Gasteiger partial charge in [-0.15, -0.1) is 15.0 Å². The molecular weight excluding hydrogens is 449 g/mol. The van der Waals surface area contributed by atoms with E-state index in [9.17, 15) is 4.79 Å². The molecule has 2 aromatic carbocycles. The second-order valence-electron chi connectivity index (χ2n) is 7.53. The molecule has 32 heavy (non-hydrogen) atoms. The number of para-hydroxylation sites is 1. The minimum atomic E-state index is -0.721. The molecule has 1 aliphatic rings. The normalized spacial score (nSPS) is 13.1. The van der Waals surface area contributed by atoms with E-state index in [4.69, 9.17) is 28.9 Å². The molecule has 2 aromatic heterocycles. The smallest absolute Gasteiger partial charge is 0.273 e. The molecule has 10 heteroatoms. The number of amides is 1. The van der Waals surface area contributed by atoms with Gasteiger partial charge in [0.2, 0.25) is 0 Å². The number of primary amides is 1. The highest BCUT2D eigenvalue weighted by atomic mass is 35.5. The fourth-order valence-electron chi connectivity index (χ4n) is 3.87. The Morgan fingerprint density at radius 1 is 1.00 bits per heavy atom. The van der Waals surface area contributed by atoms with Crippen LogP contribution < -0.4 is 11.1 Å². The van der Waals surface area contributed by atoms with E-state index < -0.39 is 5.91 Å². The number of fused-ring (bicyclic) bond motifs is 1. The average molecular weight is 468 g/mol. The molecule has 2 heterocycles. The molecule has 162 valence electrons. The molecule has 1 aliphatic carbocycles. The Morgan fingerprint density at radius 3 is 2.44 bits per heavy atom. The molecule has 8 nitrogen and oxygen atoms in total. The third-order valence-corrected chi connectivity index (χ3v) is 6.03. The number of carbonyl (C=O) groups is 1. The molecule has 0 saturated heterocycles. The second-order valence-corrected chi connectivity index (χ2v) is 8.34. The largest absolute Gasteiger partial charge is 0.364 e. The lowest BCUT2D eigenvalue weighted by molar-refractivity contribution is 0.0996. The maximum atomic E-state index is 12.0. The summed E-state index contributed by atoms with van der Waals surface area (Å²) >= 11 is 12.5. The molecule has 5 rings (SSSR count). The van der Waals surface area contributed by atoms with Crippen LogP contribution in [0.5, 0.6) is 0 Å². The van der Waals surface area contributed by atoms with Crippen molar-refractivity contribution in [3.63, 3.8) is 0 Å². The van der Waals surface area contributed by atoms with Crippen LogP contribution in [0.25, 0.3) is 11.4 Å². The lowest BCUT2D eigenvalue weighted by Gasteiger charge is -2.14. The summed E-state index contributed by atoms with van der Waals surface area (Å²) in [5, 5.41) is 16.9. The van der Waals surface area contributed by atoms with E-state index in [-0.39, 0.29) is 11.5 Å². The van der Waals surface area contributed by atoms with Crippen LogP contribution >= 0.6 is 23.2 Å². The summed E-state index contributed by atoms with van der Waals surface area (Å²) < 4.78 is 1.99. The molecule has 4 aromatic rings. The van der Waals surface area contributed by atoms with Gasteiger partial charge in [-0.25, -0.2) is 4.68 Å². The Balaban J connectivity index is 1.45. The maximum Gasteiger partial charge on any atom is 0.273 e. The monoisotopic (exact) mass is 467 g/mol. The van der Waals surface area contributed by atoms with Gasteiger partial charge in [-0.3, -0.25) is 4.79 Å². The van der Waals surface area contributed by atoms with Gasteiger partial charge in [0.05, 0.1) is 21.9 Å². The number of nitrogens with zero attached hydrogens (tertiary/aromatic N) is 5. The van der Waals surface area contributed by atoms with Gasteiger partial charge < -0.3 is 11.1 Å². The Morgan fingerprint density at radius 2 is 1.72 bits per heavy atom. The van der Waals surface area contributed by atoms with Crippen molar-refractivity contribution >= 4 is 40.6 Å². The number of hydrogen-bond acceptors (Lipinski definition) is 5. The zero-order chi connectivity index (χ0) is 22.2. The van der Waals surface area contributed by atoms with Gasteiger partial charge >= 0.3 is 0 Å². The van der Waals surface area contributed by atoms with Crippen molar-refractivity contribution in [3.8, 4) is 11.4 Å². The first-order valence-corrected chi connectivity index (χ1v) is 10.9. The number of aromatic nitrogens is 5. The predicted molar refractivity (Wildman–Crippen MR) is 123 cm³/mol. The van der Waals surface area contributed by atoms with Crippen LogP contribution in [-0.2, 0) is 12.8 Å². The highest BCUT2D eigenvalue weighted by molar-refractivity contribution is 6.37. The number of nitrogens with two attached hydrogens (primary N) is 1. The van der Waals surface area contributed by atoms with Gasteiger partial charge in [0.15, 0.2) is 11.5 Å². The van der Waals surface area contributed by atoms with Crippen LogP contribution in [0.3, 0.4) is 0 Å². The Bertz CT molecular complexity index is 1290. The first-order valence-electron chi connectivity index (χ1n) is 10.2. The molecular formula is C22H19Cl2N7O. The van der Waals surface area contributed by atoms with E-state index in [1.54, 1.807) is 18.2 Å². The molecule has 0 saturated carbocycles. The number of nitrogens with one attached hydrogen (secondary N) is 1. The van der Waals surface area contributed by atoms with E-state index in [0.29, 0.717) is 15.7 Å². The summed E-state index contributed by atoms with van der Waals surface area (Å²) in [5.41, 5.74) is 10.1. The lowest BCUT2D eigenvalue weighted by atomic mass is 9.98. The summed E-state index contributed by atoms with van der Waals surface area (Å²) in [6.45, 7) is 0. The quantitative estimate of drug-likeness (QED) is 0.450. The Labute approximate surface area is 193 Å². The summed E-state index contributed by atoms with van der Waals surface area (Å²) in [5.74, 6) is -0.514. The first kappa shape index (κ1) is 20.5. The summed E-state index contributed by atoms with van der Waals surface area (Å²) in [6.07, 6.45) is 6.46. The third kappa shape index (κ3) is 3.72. The van der Waals surface area contributed by atoms with Crippen molar-refractivity contribution in [2.45, 2.75) is 25.7 Å². The van der Waals surface area contributed by atoms with E-state index >= 15 is 0 Å². The van der Waals surface area contributed by atoms with Crippen LogP contribution in [0.4, 0.5) is 11.5 Å². The van der Waals surface area contributed by atoms with Crippen molar-refractivity contribution in [3.05, 3.63) is 75.7 Å². The Kier molecular flexibility index (Phi) is 5.32. The minimum absolute atomic E-state index is 0.0220. The molecule has 3 N–H and O–H groups in total. The van der Waals surface area contributed by atoms with E-state index in [1.807, 2.05) is 35.1 Å². The Hall–Kier alpha value is -3.36. The van der Waals surface area contributed by atoms with Gasteiger partial charge in [0, 0.05) is 11.4 Å². The second kappa shape index (κ2) is 8.29. The van der Waals surface area contributed by atoms with E-state index in [1.165, 1.54) is 28.9 Å². The van der Waals surface area contributed by atoms with Gasteiger partial charge in [0.1, 0.15) is 5.69 Å². The minimum Gasteiger partial charge on any atom is -0.364 e. The highest BCUT2D eigenvalue weighted by Crippen LogP contribution is 2.29. The summed E-state index contributed by atoms with van der Waals surface area (Å²) in [4.78, 5) is 13.2. The molecule has 0 spiro atoms. The number of rotatable bonds is 5. The van der Waals surface area contributed by atoms with Crippen molar-refractivity contribution in [1.82, 2.24) is 24.8 Å². The van der Waals surface area contributed by atoms with Crippen LogP contribution in [0.15, 0.2) is 48.7 Å². The van der Waals surface area contributed by atoms with Crippen LogP contribution in [-0.4, -0.2) is 30.7 Å². The van der Waals surface area contributed by atoms with Crippen molar-refractivity contribution in [1.29, 1.82) is 0 Å². The lowest BCUT2D eigenvalue weighted by Crippen LogP contribution is -2.14. The number of carbonyl (C=O) groups excluding carboxylic acids is 1. The fourth-order valence-corrected chi connectivity index (χ4v) is 4.42. The standard InChI is InChI=1S/C22H19Cl2N7O/c23-16-5-3-6-17(24)20(16)31-28-19(21(25)32)22(29-31)27-14-8-10-15(11-9-14)30-18-7-2-1-4-13(18)12-26-30/h3,5-6,8-12H,1-2,4,7H2,(H2,25,32)(H,27,29). The number of benzene rings is 2. The number of anilines is 2. The van der Waals surface area contributed by atoms with Gasteiger partial charge in [-0.05, 0) is 67.6 Å². The average Bonchev–Trinajstić information content (AvgIpc) is 3.39. The van der Waals surface area contributed by atoms with Crippen molar-refractivity contribution in [2.24, 2.45) is 5.73 Å². The number of aryl methyl sites for hydroxylation is 1. The molecule has 0 radical (unpaired) electrons. The summed E-state index contributed by atoms with van der Waals surface area (Å²) in [6, 6.07) is 12.7. The van der Waals surface area contributed by atoms with Gasteiger partial charge in [-0.1, -0.05) is 29.3 Å². The highest BCUT2D eigenvalue weighted by Gasteiger charge is 2.20. The van der Waals surface area contributed by atoms with Gasteiger partial charge in [-0.2, -0.15) is 5.10 Å². The van der Waals surface area contributed by atoms with Crippen molar-refractivity contribution < 1.29 is 4.79 Å². The summed E-state index contributed by atoms with van der Waals surface area (Å²) in [7, 11) is 0. The van der Waals surface area contributed by atoms with Crippen LogP contribution in [0, 0.1) is 0 Å². The van der Waals surface area contributed by atoms with Crippen molar-refractivity contribution in [2.75, 3.05) is 5.32 Å². The molecule has 1 amide bonds. The molecule has 0 aliphatic heterocycles. The molecule has 0 atom stereocenters. The zero-order valence-corrected chi connectivity index (χ0v) is 18.4. The predicted octanol–water partition coefficient (Wildman–Crippen LogP) is 4.48. The topological polar surface area (TPSA) is 104 Å². The zero-order valence-electron chi connectivity index (χ0n) is 16.9. The SMILES string of the molecule is NC(=O)c1nn(-c2c(Cl)cccc2Cl)nc1Nc1ccc(-n2ncc3c2CCCC3)cc1. The molecule has 0 bridgehead atoms.